The summed E-state index contributed by atoms with van der Waals surface area (Å²) in [5.41, 5.74) is 1.02. The van der Waals surface area contributed by atoms with Gasteiger partial charge in [0.05, 0.1) is 18.1 Å². The van der Waals surface area contributed by atoms with Gasteiger partial charge in [-0.05, 0) is 38.3 Å². The molecule has 24 heavy (non-hydrogen) atoms. The molecule has 136 valence electrons. The van der Waals surface area contributed by atoms with Crippen LogP contribution < -0.4 is 0 Å². The van der Waals surface area contributed by atoms with Crippen LogP contribution in [0.15, 0.2) is 29.2 Å². The van der Waals surface area contributed by atoms with Crippen molar-refractivity contribution in [1.29, 1.82) is 0 Å². The normalized spacial score (nSPS) is 18.6. The summed E-state index contributed by atoms with van der Waals surface area (Å²) in [5, 5.41) is 0. The zero-order valence-corrected chi connectivity index (χ0v) is 16.3. The Balaban J connectivity index is 1.52. The van der Waals surface area contributed by atoms with Gasteiger partial charge in [0, 0.05) is 18.1 Å². The summed E-state index contributed by atoms with van der Waals surface area (Å²) in [5.74, 6) is 1.45. The quantitative estimate of drug-likeness (QED) is 0.342. The maximum atomic E-state index is 12.0. The lowest BCUT2D eigenvalue weighted by Crippen LogP contribution is -2.23. The lowest BCUT2D eigenvalue weighted by Gasteiger charge is -2.22. The van der Waals surface area contributed by atoms with Gasteiger partial charge in [-0.3, -0.25) is 4.18 Å². The maximum Gasteiger partial charge on any atom is 0.297 e. The Morgan fingerprint density at radius 2 is 1.83 bits per heavy atom. The molecule has 0 aliphatic carbocycles. The van der Waals surface area contributed by atoms with E-state index in [0.717, 1.165) is 30.8 Å². The second kappa shape index (κ2) is 10.7. The van der Waals surface area contributed by atoms with Crippen LogP contribution in [0.25, 0.3) is 0 Å². The van der Waals surface area contributed by atoms with Crippen molar-refractivity contribution >= 4 is 31.7 Å². The number of aryl methyl sites for hydroxylation is 1. The molecular formula is C16H24O5S3. The van der Waals surface area contributed by atoms with E-state index in [4.69, 9.17) is 13.7 Å². The van der Waals surface area contributed by atoms with Crippen molar-refractivity contribution in [1.82, 2.24) is 0 Å². The van der Waals surface area contributed by atoms with Crippen LogP contribution in [-0.2, 0) is 23.8 Å². The Kier molecular flexibility index (Phi) is 8.93. The first kappa shape index (κ1) is 20.1. The van der Waals surface area contributed by atoms with Crippen molar-refractivity contribution in [2.45, 2.75) is 37.4 Å². The molecule has 1 aliphatic rings. The van der Waals surface area contributed by atoms with Crippen molar-refractivity contribution in [2.75, 3.05) is 31.3 Å². The van der Waals surface area contributed by atoms with Gasteiger partial charge >= 0.3 is 0 Å². The van der Waals surface area contributed by atoms with E-state index in [2.05, 4.69) is 0 Å². The Morgan fingerprint density at radius 3 is 2.50 bits per heavy atom. The number of hydrogen-bond donors (Lipinski definition) is 0. The Morgan fingerprint density at radius 1 is 1.12 bits per heavy atom. The smallest absolute Gasteiger partial charge is 0.297 e. The van der Waals surface area contributed by atoms with Crippen LogP contribution in [0.5, 0.6) is 0 Å². The van der Waals surface area contributed by atoms with Crippen molar-refractivity contribution in [2.24, 2.45) is 0 Å². The van der Waals surface area contributed by atoms with Gasteiger partial charge < -0.3 is 9.47 Å². The van der Waals surface area contributed by atoms with E-state index in [1.807, 2.05) is 6.92 Å². The Hall–Kier alpha value is -0.250. The maximum absolute atomic E-state index is 12.0. The molecule has 1 aromatic rings. The summed E-state index contributed by atoms with van der Waals surface area (Å²) < 4.78 is 40.1. The first-order valence-corrected chi connectivity index (χ1v) is 11.9. The molecule has 1 aromatic carbocycles. The van der Waals surface area contributed by atoms with Gasteiger partial charge in [-0.25, -0.2) is 0 Å². The van der Waals surface area contributed by atoms with E-state index in [0.29, 0.717) is 12.4 Å². The lowest BCUT2D eigenvalue weighted by atomic mass is 10.2. The largest absolute Gasteiger partial charge is 0.353 e. The van der Waals surface area contributed by atoms with Crippen LogP contribution in [0.2, 0.25) is 0 Å². The molecule has 0 spiro atoms. The molecule has 8 heteroatoms. The number of hydrogen-bond acceptors (Lipinski definition) is 7. The third-order valence-electron chi connectivity index (χ3n) is 3.41. The Labute approximate surface area is 152 Å². The third-order valence-corrected chi connectivity index (χ3v) is 7.07. The van der Waals surface area contributed by atoms with E-state index >= 15 is 0 Å². The monoisotopic (exact) mass is 392 g/mol. The third kappa shape index (κ3) is 7.33. The molecule has 2 rings (SSSR count). The van der Waals surface area contributed by atoms with Crippen LogP contribution in [0, 0.1) is 6.92 Å². The highest BCUT2D eigenvalue weighted by Gasteiger charge is 2.15. The van der Waals surface area contributed by atoms with Gasteiger partial charge in [0.2, 0.25) is 0 Å². The summed E-state index contributed by atoms with van der Waals surface area (Å²) in [6.07, 6.45) is 3.21. The van der Waals surface area contributed by atoms with Crippen molar-refractivity contribution < 1.29 is 22.1 Å². The fraction of sp³-hybridized carbons (Fsp3) is 0.625. The van der Waals surface area contributed by atoms with E-state index in [-0.39, 0.29) is 17.8 Å². The molecule has 1 saturated heterocycles. The topological polar surface area (TPSA) is 61.8 Å². The zero-order chi connectivity index (χ0) is 17.3. The van der Waals surface area contributed by atoms with Gasteiger partial charge in [-0.2, -0.15) is 8.42 Å². The highest BCUT2D eigenvalue weighted by atomic mass is 33.1. The lowest BCUT2D eigenvalue weighted by molar-refractivity contribution is -0.158. The van der Waals surface area contributed by atoms with Gasteiger partial charge in [0.1, 0.15) is 0 Å². The minimum absolute atomic E-state index is 0.0488. The summed E-state index contributed by atoms with van der Waals surface area (Å²) >= 11 is 0. The highest BCUT2D eigenvalue weighted by molar-refractivity contribution is 8.76. The minimum atomic E-state index is -3.65. The van der Waals surface area contributed by atoms with E-state index < -0.39 is 10.1 Å². The summed E-state index contributed by atoms with van der Waals surface area (Å²) in [6, 6.07) is 6.65. The number of ether oxygens (including phenoxy) is 2. The molecule has 1 aliphatic heterocycles. The predicted octanol–water partition coefficient (Wildman–Crippen LogP) is 3.62. The van der Waals surface area contributed by atoms with Crippen LogP contribution in [0.3, 0.4) is 0 Å². The van der Waals surface area contributed by atoms with Crippen LogP contribution in [0.4, 0.5) is 0 Å². The van der Waals surface area contributed by atoms with Crippen molar-refractivity contribution in [3.8, 4) is 0 Å². The summed E-state index contributed by atoms with van der Waals surface area (Å²) in [6.45, 7) is 3.51. The molecular weight excluding hydrogens is 368 g/mol. The summed E-state index contributed by atoms with van der Waals surface area (Å²) in [7, 11) is -0.417. The summed E-state index contributed by atoms with van der Waals surface area (Å²) in [4.78, 5) is 0.201. The highest BCUT2D eigenvalue weighted by Crippen LogP contribution is 2.22. The second-order valence-electron chi connectivity index (χ2n) is 5.40. The molecule has 1 unspecified atom stereocenters. The molecule has 0 saturated carbocycles. The average molecular weight is 393 g/mol. The standard InChI is InChI=1S/C16H24O5S3/c1-14-5-7-15(8-6-14)24(17,18)21-11-13-23-22-12-10-20-16-4-2-3-9-19-16/h5-8,16H,2-4,9-13H2,1H3. The molecule has 0 N–H and O–H groups in total. The fourth-order valence-corrected chi connectivity index (χ4v) is 4.81. The number of rotatable bonds is 10. The SMILES string of the molecule is Cc1ccc(S(=O)(=O)OCCSSCCOC2CCCCO2)cc1. The molecule has 0 bridgehead atoms. The molecule has 1 heterocycles. The van der Waals surface area contributed by atoms with Gasteiger partial charge in [-0.15, -0.1) is 0 Å². The molecule has 1 atom stereocenters. The fourth-order valence-electron chi connectivity index (χ4n) is 2.12. The van der Waals surface area contributed by atoms with E-state index in [1.54, 1.807) is 45.9 Å². The van der Waals surface area contributed by atoms with E-state index in [1.165, 1.54) is 6.42 Å². The predicted molar refractivity (Wildman–Crippen MR) is 98.8 cm³/mol. The molecule has 0 aromatic heterocycles. The van der Waals surface area contributed by atoms with Crippen LogP contribution in [0.1, 0.15) is 24.8 Å². The van der Waals surface area contributed by atoms with Gasteiger partial charge in [-0.1, -0.05) is 39.3 Å². The first-order valence-electron chi connectivity index (χ1n) is 8.02. The molecule has 0 amide bonds. The second-order valence-corrected chi connectivity index (χ2v) is 9.72. The van der Waals surface area contributed by atoms with Crippen molar-refractivity contribution in [3.05, 3.63) is 29.8 Å². The first-order chi connectivity index (χ1) is 11.6. The Bertz CT molecular complexity index is 568. The van der Waals surface area contributed by atoms with Gasteiger partial charge in [0.25, 0.3) is 10.1 Å². The van der Waals surface area contributed by atoms with Crippen LogP contribution in [-0.4, -0.2) is 46.0 Å². The minimum Gasteiger partial charge on any atom is -0.353 e. The molecule has 1 fully saturated rings. The van der Waals surface area contributed by atoms with Crippen molar-refractivity contribution in [3.63, 3.8) is 0 Å². The number of benzene rings is 1. The van der Waals surface area contributed by atoms with E-state index in [9.17, 15) is 8.42 Å². The van der Waals surface area contributed by atoms with Gasteiger partial charge in [0.15, 0.2) is 6.29 Å². The van der Waals surface area contributed by atoms with Crippen LogP contribution >= 0.6 is 21.6 Å². The molecule has 5 nitrogen and oxygen atoms in total. The zero-order valence-electron chi connectivity index (χ0n) is 13.8. The average Bonchev–Trinajstić information content (AvgIpc) is 2.58. The molecule has 0 radical (unpaired) electrons.